The summed E-state index contributed by atoms with van der Waals surface area (Å²) in [5, 5.41) is 40.3. The second-order valence-electron chi connectivity index (χ2n) is 14.3. The van der Waals surface area contributed by atoms with E-state index in [-0.39, 0.29) is 68.0 Å². The van der Waals surface area contributed by atoms with Crippen molar-refractivity contribution < 1.29 is 48.8 Å². The van der Waals surface area contributed by atoms with Crippen LogP contribution in [0.15, 0.2) is 0 Å². The van der Waals surface area contributed by atoms with Crippen LogP contribution in [-0.4, -0.2) is 121 Å². The molecule has 15 atom stereocenters. The third-order valence-electron chi connectivity index (χ3n) is 9.60. The van der Waals surface area contributed by atoms with Crippen LogP contribution in [0.2, 0.25) is 6.32 Å². The molecule has 0 spiro atoms. The van der Waals surface area contributed by atoms with Gasteiger partial charge in [-0.2, -0.15) is 0 Å². The lowest BCUT2D eigenvalue weighted by molar-refractivity contribution is -0.334. The molecule has 1 aliphatic carbocycles. The van der Waals surface area contributed by atoms with Crippen LogP contribution in [0, 0.1) is 29.6 Å². The second kappa shape index (κ2) is 19.0. The number of hydrogen-bond acceptors (Lipinski definition) is 10. The van der Waals surface area contributed by atoms with E-state index in [2.05, 4.69) is 27.7 Å². The Labute approximate surface area is 273 Å². The minimum Gasteiger partial charge on any atom is -0.394 e. The zero-order valence-electron chi connectivity index (χ0n) is 29.1. The number of hydrogen-bond donors (Lipinski definition) is 4. The topological polar surface area (TPSA) is 136 Å². The van der Waals surface area contributed by atoms with Gasteiger partial charge < -0.3 is 48.8 Å². The van der Waals surface area contributed by atoms with Crippen LogP contribution >= 0.6 is 0 Å². The molecule has 0 aromatic rings. The van der Waals surface area contributed by atoms with Crippen molar-refractivity contribution in [3.05, 3.63) is 0 Å². The van der Waals surface area contributed by atoms with Crippen LogP contribution in [0.1, 0.15) is 87.5 Å². The van der Waals surface area contributed by atoms with Crippen molar-refractivity contribution in [3.8, 4) is 0 Å². The molecular weight excluding hydrogens is 579 g/mol. The lowest BCUT2D eigenvalue weighted by Gasteiger charge is -2.52. The summed E-state index contributed by atoms with van der Waals surface area (Å²) in [5.41, 5.74) is 0. The fourth-order valence-corrected chi connectivity index (χ4v) is 7.35. The third kappa shape index (κ3) is 11.6. The molecule has 2 saturated heterocycles. The lowest BCUT2D eigenvalue weighted by atomic mass is 9.60. The van der Waals surface area contributed by atoms with Crippen LogP contribution in [0.3, 0.4) is 0 Å². The summed E-state index contributed by atoms with van der Waals surface area (Å²) in [6, 6.07) is -0.345. The molecule has 3 aliphatic rings. The Morgan fingerprint density at radius 1 is 0.778 bits per heavy atom. The average molecular weight is 644 g/mol. The Bertz CT molecular complexity index is 812. The van der Waals surface area contributed by atoms with Gasteiger partial charge in [-0.15, -0.1) is 0 Å². The fourth-order valence-electron chi connectivity index (χ4n) is 7.35. The Kier molecular flexibility index (Phi) is 16.5. The zero-order chi connectivity index (χ0) is 33.3. The Balaban J connectivity index is 1.98. The summed E-state index contributed by atoms with van der Waals surface area (Å²) in [6.07, 6.45) is 0.659. The fraction of sp³-hybridized carbons (Fsp3) is 1.00. The van der Waals surface area contributed by atoms with Crippen molar-refractivity contribution in [2.24, 2.45) is 29.6 Å². The van der Waals surface area contributed by atoms with Gasteiger partial charge in [0, 0.05) is 12.0 Å². The van der Waals surface area contributed by atoms with Gasteiger partial charge in [0.05, 0.1) is 75.2 Å². The summed E-state index contributed by atoms with van der Waals surface area (Å²) < 4.78 is 39.4. The Hall–Kier alpha value is -0.335. The molecule has 10 nitrogen and oxygen atoms in total. The van der Waals surface area contributed by atoms with Gasteiger partial charge in [0.1, 0.15) is 6.10 Å². The first-order chi connectivity index (χ1) is 21.4. The molecule has 0 aromatic carbocycles. The summed E-state index contributed by atoms with van der Waals surface area (Å²) in [7, 11) is 2.01. The minimum atomic E-state index is -0.733. The molecule has 0 aromatic heterocycles. The van der Waals surface area contributed by atoms with Crippen LogP contribution in [0.25, 0.3) is 0 Å². The first-order valence-corrected chi connectivity index (χ1v) is 17.7. The highest BCUT2D eigenvalue weighted by molar-refractivity contribution is 6.37. The first kappa shape index (κ1) is 39.1. The maximum Gasteiger partial charge on any atom is 0.184 e. The van der Waals surface area contributed by atoms with Crippen molar-refractivity contribution in [1.82, 2.24) is 0 Å². The second-order valence-corrected chi connectivity index (χ2v) is 14.3. The third-order valence-corrected chi connectivity index (χ3v) is 9.60. The number of aliphatic hydroxyl groups is 4. The average Bonchev–Trinajstić information content (AvgIpc) is 3.80. The van der Waals surface area contributed by atoms with Gasteiger partial charge in [-0.25, -0.2) is 0 Å². The van der Waals surface area contributed by atoms with Gasteiger partial charge in [0.15, 0.2) is 13.6 Å². The van der Waals surface area contributed by atoms with Crippen LogP contribution in [0.4, 0.5) is 0 Å². The number of rotatable bonds is 20. The molecular formula is C34H64BO10. The van der Waals surface area contributed by atoms with E-state index in [9.17, 15) is 20.4 Å². The quantitative estimate of drug-likeness (QED) is 0.146. The first-order valence-electron chi connectivity index (χ1n) is 17.7. The van der Waals surface area contributed by atoms with Crippen molar-refractivity contribution in [2.75, 3.05) is 26.4 Å². The molecule has 3 fully saturated rings. The monoisotopic (exact) mass is 643 g/mol. The van der Waals surface area contributed by atoms with E-state index in [0.717, 1.165) is 32.1 Å². The van der Waals surface area contributed by atoms with Crippen LogP contribution in [0.5, 0.6) is 0 Å². The van der Waals surface area contributed by atoms with E-state index in [1.54, 1.807) is 27.7 Å². The largest absolute Gasteiger partial charge is 0.394 e. The van der Waals surface area contributed by atoms with Crippen molar-refractivity contribution >= 4 is 7.28 Å². The van der Waals surface area contributed by atoms with E-state index in [1.165, 1.54) is 0 Å². The predicted octanol–water partition coefficient (Wildman–Crippen LogP) is 3.38. The van der Waals surface area contributed by atoms with Crippen molar-refractivity contribution in [2.45, 2.75) is 161 Å². The molecule has 3 rings (SSSR count). The van der Waals surface area contributed by atoms with Crippen LogP contribution in [-0.2, 0) is 28.4 Å². The highest BCUT2D eigenvalue weighted by atomic mass is 16.7. The van der Waals surface area contributed by atoms with Gasteiger partial charge in [0.25, 0.3) is 0 Å². The summed E-state index contributed by atoms with van der Waals surface area (Å²) >= 11 is 0. The highest BCUT2D eigenvalue weighted by Crippen LogP contribution is 2.49. The van der Waals surface area contributed by atoms with E-state index < -0.39 is 36.8 Å². The molecule has 2 heterocycles. The molecule has 2 aliphatic heterocycles. The SMILES string of the molecule is CCCC(C)[C@H]1[C@H](C)C(COCC(C)O)OC(O[C@@H]2C(CC)OC([B]CC(C)O)[C@H](OCC(C)O)C2C2CC2)[C@@H]1OCC(C)O. The Morgan fingerprint density at radius 3 is 1.93 bits per heavy atom. The molecule has 11 heteroatoms. The number of aliphatic hydroxyl groups excluding tert-OH is 4. The standard InChI is InChI=1S/C34H64BO10/c1-9-11-19(3)28-24(8)27(18-40-15-21(5)37)44-34(32(28)42-17-23(7)39)45-30-26(10-2)43-33(35-14-20(4)36)31(41-16-22(6)38)29(30)25-12-13-25/h19-34,36-39H,9-18H2,1-8H3/t19?,20?,21?,22?,23?,24-,26?,27?,28+,29?,30-,31-,32-,33?,34?/m1/s1. The van der Waals surface area contributed by atoms with Gasteiger partial charge >= 0.3 is 0 Å². The van der Waals surface area contributed by atoms with Gasteiger partial charge in [-0.3, -0.25) is 0 Å². The zero-order valence-corrected chi connectivity index (χ0v) is 29.1. The summed E-state index contributed by atoms with van der Waals surface area (Å²) in [4.78, 5) is 0. The van der Waals surface area contributed by atoms with E-state index in [1.807, 2.05) is 7.28 Å². The maximum absolute atomic E-state index is 10.2. The van der Waals surface area contributed by atoms with Gasteiger partial charge in [-0.1, -0.05) is 46.9 Å². The number of ether oxygens (including phenoxy) is 6. The highest BCUT2D eigenvalue weighted by Gasteiger charge is 2.55. The molecule has 0 bridgehead atoms. The molecule has 4 N–H and O–H groups in total. The van der Waals surface area contributed by atoms with E-state index in [4.69, 9.17) is 28.4 Å². The van der Waals surface area contributed by atoms with Crippen molar-refractivity contribution in [3.63, 3.8) is 0 Å². The maximum atomic E-state index is 10.2. The normalized spacial score (nSPS) is 37.5. The molecule has 1 saturated carbocycles. The van der Waals surface area contributed by atoms with E-state index >= 15 is 0 Å². The summed E-state index contributed by atoms with van der Waals surface area (Å²) in [5.74, 6) is 0.859. The molecule has 0 amide bonds. The van der Waals surface area contributed by atoms with Crippen molar-refractivity contribution in [1.29, 1.82) is 0 Å². The molecule has 10 unspecified atom stereocenters. The van der Waals surface area contributed by atoms with Gasteiger partial charge in [-0.05, 0) is 70.6 Å². The van der Waals surface area contributed by atoms with Crippen LogP contribution < -0.4 is 0 Å². The minimum absolute atomic E-state index is 0.00508. The smallest absolute Gasteiger partial charge is 0.184 e. The van der Waals surface area contributed by atoms with E-state index in [0.29, 0.717) is 24.8 Å². The van der Waals surface area contributed by atoms with Gasteiger partial charge in [0.2, 0.25) is 0 Å². The lowest BCUT2D eigenvalue weighted by Crippen LogP contribution is -2.62. The Morgan fingerprint density at radius 2 is 1.40 bits per heavy atom. The molecule has 45 heavy (non-hydrogen) atoms. The molecule has 263 valence electrons. The molecule has 1 radical (unpaired) electrons. The summed E-state index contributed by atoms with van der Waals surface area (Å²) in [6.45, 7) is 16.5. The predicted molar refractivity (Wildman–Crippen MR) is 173 cm³/mol.